The highest BCUT2D eigenvalue weighted by Gasteiger charge is 2.36. The quantitative estimate of drug-likeness (QED) is 0.810. The Kier molecular flexibility index (Phi) is 3.28. The molecule has 2 aliphatic heterocycles. The van der Waals surface area contributed by atoms with Gasteiger partial charge in [-0.15, -0.1) is 10.2 Å². The van der Waals surface area contributed by atoms with Crippen LogP contribution in [0.5, 0.6) is 0 Å². The molecule has 6 heteroatoms. The van der Waals surface area contributed by atoms with Crippen LogP contribution in [0.2, 0.25) is 0 Å². The molecule has 21 heavy (non-hydrogen) atoms. The molecule has 0 saturated carbocycles. The second-order valence-corrected chi connectivity index (χ2v) is 7.54. The first-order valence-electron chi connectivity index (χ1n) is 7.76. The maximum atomic E-state index is 4.74. The summed E-state index contributed by atoms with van der Waals surface area (Å²) >= 11 is 2.12. The zero-order valence-electron chi connectivity index (χ0n) is 12.5. The van der Waals surface area contributed by atoms with Gasteiger partial charge in [-0.25, -0.2) is 4.98 Å². The van der Waals surface area contributed by atoms with Gasteiger partial charge in [-0.2, -0.15) is 11.8 Å². The summed E-state index contributed by atoms with van der Waals surface area (Å²) in [4.78, 5) is 7.16. The molecule has 2 aliphatic rings. The second kappa shape index (κ2) is 5.16. The lowest BCUT2D eigenvalue weighted by Crippen LogP contribution is -2.42. The van der Waals surface area contributed by atoms with Crippen molar-refractivity contribution in [1.29, 1.82) is 0 Å². The largest absolute Gasteiger partial charge is 0.356 e. The molecule has 0 amide bonds. The molecule has 0 N–H and O–H groups in total. The number of thioether (sulfide) groups is 1. The van der Waals surface area contributed by atoms with E-state index in [0.717, 1.165) is 30.4 Å². The Bertz CT molecular complexity index is 637. The first kappa shape index (κ1) is 13.4. The fourth-order valence-electron chi connectivity index (χ4n) is 3.64. The zero-order valence-corrected chi connectivity index (χ0v) is 13.3. The van der Waals surface area contributed by atoms with Crippen LogP contribution in [0.4, 0.5) is 5.82 Å². The first-order chi connectivity index (χ1) is 10.3. The van der Waals surface area contributed by atoms with E-state index in [1.807, 2.05) is 11.3 Å². The minimum absolute atomic E-state index is 0.621. The SMILES string of the molecule is Cc1nc(N2CCC3(CCSCC3)CC2)cc2nncn12. The van der Waals surface area contributed by atoms with E-state index in [0.29, 0.717) is 5.41 Å². The van der Waals surface area contributed by atoms with E-state index in [2.05, 4.69) is 32.9 Å². The minimum Gasteiger partial charge on any atom is -0.356 e. The van der Waals surface area contributed by atoms with Crippen LogP contribution in [0, 0.1) is 12.3 Å². The molecule has 2 fully saturated rings. The van der Waals surface area contributed by atoms with Crippen molar-refractivity contribution in [1.82, 2.24) is 19.6 Å². The molecule has 4 heterocycles. The first-order valence-corrected chi connectivity index (χ1v) is 8.91. The van der Waals surface area contributed by atoms with Crippen LogP contribution < -0.4 is 4.90 Å². The Labute approximate surface area is 129 Å². The van der Waals surface area contributed by atoms with Gasteiger partial charge in [0.05, 0.1) is 0 Å². The third kappa shape index (κ3) is 2.39. The predicted molar refractivity (Wildman–Crippen MR) is 86.0 cm³/mol. The Balaban J connectivity index is 1.54. The van der Waals surface area contributed by atoms with E-state index in [9.17, 15) is 0 Å². The van der Waals surface area contributed by atoms with Crippen molar-refractivity contribution in [2.24, 2.45) is 5.41 Å². The van der Waals surface area contributed by atoms with Crippen molar-refractivity contribution in [3.05, 3.63) is 18.2 Å². The lowest BCUT2D eigenvalue weighted by Gasteiger charge is -2.44. The van der Waals surface area contributed by atoms with E-state index < -0.39 is 0 Å². The fourth-order valence-corrected chi connectivity index (χ4v) is 4.99. The normalized spacial score (nSPS) is 22.0. The summed E-state index contributed by atoms with van der Waals surface area (Å²) in [6.45, 7) is 4.27. The number of piperidine rings is 1. The lowest BCUT2D eigenvalue weighted by molar-refractivity contribution is 0.198. The zero-order chi connectivity index (χ0) is 14.3. The van der Waals surface area contributed by atoms with Crippen LogP contribution >= 0.6 is 11.8 Å². The summed E-state index contributed by atoms with van der Waals surface area (Å²) in [5.74, 6) is 4.72. The summed E-state index contributed by atoms with van der Waals surface area (Å²) in [6, 6.07) is 2.06. The maximum absolute atomic E-state index is 4.74. The fraction of sp³-hybridized carbons (Fsp3) is 0.667. The number of anilines is 1. The van der Waals surface area contributed by atoms with E-state index in [4.69, 9.17) is 4.98 Å². The molecule has 5 nitrogen and oxygen atoms in total. The van der Waals surface area contributed by atoms with Crippen molar-refractivity contribution in [3.8, 4) is 0 Å². The monoisotopic (exact) mass is 303 g/mol. The van der Waals surface area contributed by atoms with Crippen LogP contribution in [-0.2, 0) is 0 Å². The molecule has 0 atom stereocenters. The summed E-state index contributed by atoms with van der Waals surface area (Å²) < 4.78 is 1.94. The van der Waals surface area contributed by atoms with Crippen molar-refractivity contribution >= 4 is 23.2 Å². The molecular formula is C15H21N5S. The van der Waals surface area contributed by atoms with Gasteiger partial charge in [0.1, 0.15) is 18.0 Å². The van der Waals surface area contributed by atoms with Gasteiger partial charge in [-0.05, 0) is 49.5 Å². The number of hydrogen-bond donors (Lipinski definition) is 0. The number of hydrogen-bond acceptors (Lipinski definition) is 5. The molecule has 0 bridgehead atoms. The van der Waals surface area contributed by atoms with Crippen LogP contribution in [0.15, 0.2) is 12.4 Å². The molecule has 2 aromatic heterocycles. The number of aromatic nitrogens is 4. The van der Waals surface area contributed by atoms with Gasteiger partial charge in [-0.3, -0.25) is 4.40 Å². The Morgan fingerprint density at radius 1 is 1.14 bits per heavy atom. The predicted octanol–water partition coefficient (Wildman–Crippen LogP) is 2.55. The smallest absolute Gasteiger partial charge is 0.165 e. The summed E-state index contributed by atoms with van der Waals surface area (Å²) in [5, 5.41) is 8.13. The molecule has 0 aromatic carbocycles. The van der Waals surface area contributed by atoms with Crippen LogP contribution in [0.3, 0.4) is 0 Å². The van der Waals surface area contributed by atoms with Gasteiger partial charge in [0.25, 0.3) is 0 Å². The van der Waals surface area contributed by atoms with Crippen molar-refractivity contribution in [2.75, 3.05) is 29.5 Å². The second-order valence-electron chi connectivity index (χ2n) is 6.32. The van der Waals surface area contributed by atoms with Gasteiger partial charge in [-0.1, -0.05) is 0 Å². The molecule has 2 saturated heterocycles. The average Bonchev–Trinajstić information content (AvgIpc) is 2.98. The summed E-state index contributed by atoms with van der Waals surface area (Å²) in [5.41, 5.74) is 1.52. The highest BCUT2D eigenvalue weighted by atomic mass is 32.2. The molecule has 4 rings (SSSR count). The number of aryl methyl sites for hydroxylation is 1. The molecule has 0 unspecified atom stereocenters. The Hall–Kier alpha value is -1.30. The van der Waals surface area contributed by atoms with Crippen LogP contribution in [0.25, 0.3) is 5.65 Å². The van der Waals surface area contributed by atoms with Gasteiger partial charge >= 0.3 is 0 Å². The topological polar surface area (TPSA) is 46.3 Å². The number of fused-ring (bicyclic) bond motifs is 1. The van der Waals surface area contributed by atoms with E-state index in [1.165, 1.54) is 37.2 Å². The summed E-state index contributed by atoms with van der Waals surface area (Å²) in [6.07, 6.45) is 7.16. The highest BCUT2D eigenvalue weighted by molar-refractivity contribution is 7.99. The van der Waals surface area contributed by atoms with Gasteiger partial charge in [0.15, 0.2) is 5.65 Å². The Morgan fingerprint density at radius 2 is 1.90 bits per heavy atom. The van der Waals surface area contributed by atoms with Crippen molar-refractivity contribution in [3.63, 3.8) is 0 Å². The number of rotatable bonds is 1. The highest BCUT2D eigenvalue weighted by Crippen LogP contribution is 2.43. The van der Waals surface area contributed by atoms with Gasteiger partial charge in [0.2, 0.25) is 0 Å². The van der Waals surface area contributed by atoms with Gasteiger partial charge in [0, 0.05) is 19.2 Å². The third-order valence-corrected chi connectivity index (χ3v) is 6.14. The van der Waals surface area contributed by atoms with Crippen LogP contribution in [0.1, 0.15) is 31.5 Å². The third-order valence-electron chi connectivity index (χ3n) is 5.16. The minimum atomic E-state index is 0.621. The maximum Gasteiger partial charge on any atom is 0.165 e. The van der Waals surface area contributed by atoms with Crippen molar-refractivity contribution < 1.29 is 0 Å². The molecule has 2 aromatic rings. The van der Waals surface area contributed by atoms with Crippen molar-refractivity contribution in [2.45, 2.75) is 32.6 Å². The molecular weight excluding hydrogens is 282 g/mol. The van der Waals surface area contributed by atoms with E-state index in [1.54, 1.807) is 6.33 Å². The van der Waals surface area contributed by atoms with E-state index in [-0.39, 0.29) is 0 Å². The van der Waals surface area contributed by atoms with Crippen LogP contribution in [-0.4, -0.2) is 44.2 Å². The molecule has 0 aliphatic carbocycles. The lowest BCUT2D eigenvalue weighted by atomic mass is 9.74. The molecule has 0 radical (unpaired) electrons. The molecule has 1 spiro atoms. The number of nitrogens with zero attached hydrogens (tertiary/aromatic N) is 5. The Morgan fingerprint density at radius 3 is 2.67 bits per heavy atom. The standard InChI is InChI=1S/C15H21N5S/c1-12-17-13(10-14-18-16-11-20(12)14)19-6-2-15(3-7-19)4-8-21-9-5-15/h10-11H,2-9H2,1H3. The van der Waals surface area contributed by atoms with Gasteiger partial charge < -0.3 is 4.90 Å². The average molecular weight is 303 g/mol. The molecule has 112 valence electrons. The van der Waals surface area contributed by atoms with E-state index >= 15 is 0 Å². The summed E-state index contributed by atoms with van der Waals surface area (Å²) in [7, 11) is 0.